The molecule has 1 unspecified atom stereocenters. The number of para-hydroxylation sites is 1. The molecule has 0 aromatic heterocycles. The Hall–Kier alpha value is -1.95. The second-order valence-corrected chi connectivity index (χ2v) is 4.79. The van der Waals surface area contributed by atoms with Crippen molar-refractivity contribution in [1.29, 1.82) is 0 Å². The highest BCUT2D eigenvalue weighted by Crippen LogP contribution is 2.11. The molecular formula is C14H19FN2O3. The van der Waals surface area contributed by atoms with E-state index in [0.717, 1.165) is 0 Å². The van der Waals surface area contributed by atoms with E-state index in [4.69, 9.17) is 0 Å². The maximum absolute atomic E-state index is 13.3. The minimum atomic E-state index is -0.936. The van der Waals surface area contributed by atoms with Crippen molar-refractivity contribution in [3.05, 3.63) is 30.1 Å². The predicted molar refractivity (Wildman–Crippen MR) is 73.5 cm³/mol. The fourth-order valence-electron chi connectivity index (χ4n) is 1.49. The third-order valence-corrected chi connectivity index (χ3v) is 2.82. The van der Waals surface area contributed by atoms with Crippen molar-refractivity contribution in [2.24, 2.45) is 5.92 Å². The third kappa shape index (κ3) is 4.97. The van der Waals surface area contributed by atoms with E-state index in [0.29, 0.717) is 6.42 Å². The SMILES string of the molecule is CC(C)C(O)CCNC(=O)C(=O)Nc1ccccc1F. The second-order valence-electron chi connectivity index (χ2n) is 4.79. The number of hydrogen-bond acceptors (Lipinski definition) is 3. The minimum absolute atomic E-state index is 0.0464. The number of aliphatic hydroxyl groups is 1. The van der Waals surface area contributed by atoms with E-state index in [1.807, 2.05) is 13.8 Å². The molecule has 0 spiro atoms. The molecule has 110 valence electrons. The average Bonchev–Trinajstić information content (AvgIpc) is 2.40. The van der Waals surface area contributed by atoms with Crippen molar-refractivity contribution in [3.63, 3.8) is 0 Å². The Kier molecular flexibility index (Phi) is 6.11. The predicted octanol–water partition coefficient (Wildman–Crippen LogP) is 1.29. The topological polar surface area (TPSA) is 78.4 Å². The van der Waals surface area contributed by atoms with Crippen LogP contribution in [0.25, 0.3) is 0 Å². The van der Waals surface area contributed by atoms with Crippen LogP contribution in [-0.2, 0) is 9.59 Å². The van der Waals surface area contributed by atoms with Crippen LogP contribution >= 0.6 is 0 Å². The van der Waals surface area contributed by atoms with Crippen LogP contribution in [0.5, 0.6) is 0 Å². The number of carbonyl (C=O) groups excluding carboxylic acids is 2. The lowest BCUT2D eigenvalue weighted by Crippen LogP contribution is -2.37. The Bertz CT molecular complexity index is 477. The minimum Gasteiger partial charge on any atom is -0.393 e. The highest BCUT2D eigenvalue weighted by atomic mass is 19.1. The van der Waals surface area contributed by atoms with Crippen LogP contribution in [0.15, 0.2) is 24.3 Å². The van der Waals surface area contributed by atoms with Crippen molar-refractivity contribution >= 4 is 17.5 Å². The summed E-state index contributed by atoms with van der Waals surface area (Å²) >= 11 is 0. The van der Waals surface area contributed by atoms with Crippen LogP contribution in [-0.4, -0.2) is 29.6 Å². The van der Waals surface area contributed by atoms with Gasteiger partial charge in [0.05, 0.1) is 11.8 Å². The number of anilines is 1. The quantitative estimate of drug-likeness (QED) is 0.712. The van der Waals surface area contributed by atoms with Gasteiger partial charge in [0.1, 0.15) is 5.82 Å². The van der Waals surface area contributed by atoms with Crippen molar-refractivity contribution in [2.75, 3.05) is 11.9 Å². The molecular weight excluding hydrogens is 263 g/mol. The molecule has 0 aliphatic carbocycles. The third-order valence-electron chi connectivity index (χ3n) is 2.82. The number of amides is 2. The number of rotatable bonds is 5. The molecule has 0 saturated carbocycles. The van der Waals surface area contributed by atoms with Gasteiger partial charge in [-0.25, -0.2) is 4.39 Å². The zero-order valence-corrected chi connectivity index (χ0v) is 11.5. The maximum Gasteiger partial charge on any atom is 0.313 e. The number of benzene rings is 1. The number of hydrogen-bond donors (Lipinski definition) is 3. The van der Waals surface area contributed by atoms with E-state index in [2.05, 4.69) is 10.6 Å². The molecule has 0 aliphatic rings. The number of nitrogens with one attached hydrogen (secondary N) is 2. The average molecular weight is 282 g/mol. The molecule has 0 heterocycles. The van der Waals surface area contributed by atoms with Crippen LogP contribution in [0.3, 0.4) is 0 Å². The lowest BCUT2D eigenvalue weighted by atomic mass is 10.0. The van der Waals surface area contributed by atoms with Crippen LogP contribution in [0.1, 0.15) is 20.3 Å². The molecule has 1 aromatic carbocycles. The van der Waals surface area contributed by atoms with Gasteiger partial charge in [-0.1, -0.05) is 26.0 Å². The molecule has 0 bridgehead atoms. The van der Waals surface area contributed by atoms with Gasteiger partial charge in [-0.05, 0) is 24.5 Å². The van der Waals surface area contributed by atoms with E-state index >= 15 is 0 Å². The summed E-state index contributed by atoms with van der Waals surface area (Å²) in [5, 5.41) is 14.1. The Morgan fingerprint density at radius 2 is 1.90 bits per heavy atom. The number of carbonyl (C=O) groups is 2. The molecule has 0 aliphatic heterocycles. The Morgan fingerprint density at radius 1 is 1.25 bits per heavy atom. The largest absolute Gasteiger partial charge is 0.393 e. The normalized spacial score (nSPS) is 12.1. The molecule has 0 saturated heterocycles. The molecule has 1 rings (SSSR count). The van der Waals surface area contributed by atoms with Gasteiger partial charge >= 0.3 is 11.8 Å². The lowest BCUT2D eigenvalue weighted by Gasteiger charge is -2.14. The van der Waals surface area contributed by atoms with Crippen molar-refractivity contribution in [1.82, 2.24) is 5.32 Å². The van der Waals surface area contributed by atoms with Gasteiger partial charge in [0.2, 0.25) is 0 Å². The highest BCUT2D eigenvalue weighted by Gasteiger charge is 2.16. The number of aliphatic hydroxyl groups excluding tert-OH is 1. The van der Waals surface area contributed by atoms with Crippen LogP contribution in [0.4, 0.5) is 10.1 Å². The van der Waals surface area contributed by atoms with E-state index in [1.165, 1.54) is 18.2 Å². The first-order valence-electron chi connectivity index (χ1n) is 6.43. The fourth-order valence-corrected chi connectivity index (χ4v) is 1.49. The summed E-state index contributed by atoms with van der Waals surface area (Å²) in [6.45, 7) is 3.90. The summed E-state index contributed by atoms with van der Waals surface area (Å²) in [7, 11) is 0. The molecule has 5 nitrogen and oxygen atoms in total. The zero-order chi connectivity index (χ0) is 15.1. The maximum atomic E-state index is 13.3. The summed E-state index contributed by atoms with van der Waals surface area (Å²) in [5.74, 6) is -2.32. The monoisotopic (exact) mass is 282 g/mol. The van der Waals surface area contributed by atoms with Crippen LogP contribution in [0.2, 0.25) is 0 Å². The Balaban J connectivity index is 2.41. The van der Waals surface area contributed by atoms with E-state index in [1.54, 1.807) is 6.07 Å². The standard InChI is InChI=1S/C14H19FN2O3/c1-9(2)12(18)7-8-16-13(19)14(20)17-11-6-4-3-5-10(11)15/h3-6,9,12,18H,7-8H2,1-2H3,(H,16,19)(H,17,20). The van der Waals surface area contributed by atoms with Gasteiger partial charge in [0.25, 0.3) is 0 Å². The summed E-state index contributed by atoms with van der Waals surface area (Å²) in [6, 6.07) is 5.59. The van der Waals surface area contributed by atoms with Gasteiger partial charge < -0.3 is 15.7 Å². The molecule has 20 heavy (non-hydrogen) atoms. The molecule has 1 atom stereocenters. The van der Waals surface area contributed by atoms with Gasteiger partial charge in [-0.15, -0.1) is 0 Å². The first-order valence-corrected chi connectivity index (χ1v) is 6.43. The second kappa shape index (κ2) is 7.59. The summed E-state index contributed by atoms with van der Waals surface area (Å²) in [4.78, 5) is 23.0. The summed E-state index contributed by atoms with van der Waals surface area (Å²) < 4.78 is 13.3. The van der Waals surface area contributed by atoms with Crippen LogP contribution in [0, 0.1) is 11.7 Å². The molecule has 6 heteroatoms. The molecule has 0 fully saturated rings. The van der Waals surface area contributed by atoms with Gasteiger partial charge in [-0.2, -0.15) is 0 Å². The van der Waals surface area contributed by atoms with Gasteiger partial charge in [0, 0.05) is 6.54 Å². The van der Waals surface area contributed by atoms with Gasteiger partial charge in [-0.3, -0.25) is 9.59 Å². The Labute approximate surface area is 117 Å². The first-order chi connectivity index (χ1) is 9.41. The van der Waals surface area contributed by atoms with Crippen molar-refractivity contribution in [3.8, 4) is 0 Å². The van der Waals surface area contributed by atoms with E-state index in [9.17, 15) is 19.1 Å². The molecule has 0 radical (unpaired) electrons. The van der Waals surface area contributed by atoms with Crippen molar-refractivity contribution < 1.29 is 19.1 Å². The van der Waals surface area contributed by atoms with Crippen LogP contribution < -0.4 is 10.6 Å². The zero-order valence-electron chi connectivity index (χ0n) is 11.5. The Morgan fingerprint density at radius 3 is 2.50 bits per heavy atom. The highest BCUT2D eigenvalue weighted by molar-refractivity contribution is 6.39. The molecule has 1 aromatic rings. The molecule has 3 N–H and O–H groups in total. The van der Waals surface area contributed by atoms with E-state index in [-0.39, 0.29) is 18.2 Å². The van der Waals surface area contributed by atoms with Gasteiger partial charge in [0.15, 0.2) is 0 Å². The van der Waals surface area contributed by atoms with Crippen molar-refractivity contribution in [2.45, 2.75) is 26.4 Å². The summed E-state index contributed by atoms with van der Waals surface area (Å²) in [5.41, 5.74) is -0.0464. The smallest absolute Gasteiger partial charge is 0.313 e. The first kappa shape index (κ1) is 16.1. The van der Waals surface area contributed by atoms with E-state index < -0.39 is 23.7 Å². The molecule has 2 amide bonds. The summed E-state index contributed by atoms with van der Waals surface area (Å²) in [6.07, 6.45) is -0.180. The fraction of sp³-hybridized carbons (Fsp3) is 0.429. The number of halogens is 1. The lowest BCUT2D eigenvalue weighted by molar-refractivity contribution is -0.136.